The second-order valence-electron chi connectivity index (χ2n) is 8.09. The number of hydrogen-bond acceptors (Lipinski definition) is 6. The van der Waals surface area contributed by atoms with Crippen LogP contribution in [0, 0.1) is 26.2 Å². The first kappa shape index (κ1) is 23.7. The Balaban J connectivity index is 2.49. The first-order chi connectivity index (χ1) is 13.7. The van der Waals surface area contributed by atoms with Crippen LogP contribution >= 0.6 is 8.46 Å². The summed E-state index contributed by atoms with van der Waals surface area (Å²) in [5, 5.41) is -1.54. The van der Waals surface area contributed by atoms with Crippen molar-refractivity contribution in [3.05, 3.63) is 34.4 Å². The van der Waals surface area contributed by atoms with Crippen LogP contribution in [0.4, 0.5) is 0 Å². The van der Waals surface area contributed by atoms with Crippen LogP contribution in [0.15, 0.2) is 12.1 Å². The van der Waals surface area contributed by atoms with Crippen molar-refractivity contribution in [2.75, 3.05) is 20.3 Å². The molecule has 2 rings (SSSR count). The molecular weight excluding hydrogens is 391 g/mol. The lowest BCUT2D eigenvalue weighted by molar-refractivity contribution is -0.279. The fourth-order valence-electron chi connectivity index (χ4n) is 4.48. The molecule has 1 atom stereocenters. The maximum absolute atomic E-state index is 13.9. The summed E-state index contributed by atoms with van der Waals surface area (Å²) >= 11 is 0. The van der Waals surface area contributed by atoms with Crippen LogP contribution < -0.4 is 0 Å². The van der Waals surface area contributed by atoms with Gasteiger partial charge in [-0.2, -0.15) is 4.89 Å². The SMILES string of the molecule is COCCOOC(=O)C(C)(P=O)C1(C(=O)c2c(C)cc(C)cc2C)CCCCC1. The maximum Gasteiger partial charge on any atom is 0.360 e. The largest absolute Gasteiger partial charge is 0.382 e. The molecule has 0 bridgehead atoms. The number of rotatable bonds is 9. The summed E-state index contributed by atoms with van der Waals surface area (Å²) in [6, 6.07) is 3.93. The zero-order valence-electron chi connectivity index (χ0n) is 18.0. The first-order valence-corrected chi connectivity index (χ1v) is 10.8. The number of ketones is 1. The van der Waals surface area contributed by atoms with Crippen LogP contribution in [0.3, 0.4) is 0 Å². The van der Waals surface area contributed by atoms with Crippen molar-refractivity contribution in [2.45, 2.75) is 65.0 Å². The van der Waals surface area contributed by atoms with E-state index in [-0.39, 0.29) is 19.0 Å². The van der Waals surface area contributed by atoms with Gasteiger partial charge in [-0.05, 0) is 51.7 Å². The van der Waals surface area contributed by atoms with Crippen molar-refractivity contribution in [3.63, 3.8) is 0 Å². The van der Waals surface area contributed by atoms with Gasteiger partial charge in [-0.1, -0.05) is 37.0 Å². The number of methoxy groups -OCH3 is 1. The van der Waals surface area contributed by atoms with Gasteiger partial charge >= 0.3 is 5.97 Å². The molecule has 0 aliphatic heterocycles. The van der Waals surface area contributed by atoms with E-state index in [1.807, 2.05) is 32.9 Å². The Morgan fingerprint density at radius 2 is 1.66 bits per heavy atom. The predicted octanol–water partition coefficient (Wildman–Crippen LogP) is 4.92. The van der Waals surface area contributed by atoms with Crippen LogP contribution in [-0.2, 0) is 23.9 Å². The molecule has 29 heavy (non-hydrogen) atoms. The minimum absolute atomic E-state index is 0.0607. The Bertz CT molecular complexity index is 746. The van der Waals surface area contributed by atoms with Crippen LogP contribution in [0.1, 0.15) is 66.1 Å². The summed E-state index contributed by atoms with van der Waals surface area (Å²) < 4.78 is 17.3. The van der Waals surface area contributed by atoms with E-state index in [4.69, 9.17) is 14.5 Å². The normalized spacial score (nSPS) is 18.2. The van der Waals surface area contributed by atoms with E-state index in [0.717, 1.165) is 36.0 Å². The average Bonchev–Trinajstić information content (AvgIpc) is 2.70. The Morgan fingerprint density at radius 1 is 1.07 bits per heavy atom. The third-order valence-electron chi connectivity index (χ3n) is 6.06. The smallest absolute Gasteiger partial charge is 0.360 e. The Morgan fingerprint density at radius 3 is 2.17 bits per heavy atom. The van der Waals surface area contributed by atoms with Gasteiger partial charge in [-0.15, -0.1) is 0 Å². The molecule has 1 saturated carbocycles. The molecule has 1 aliphatic rings. The fraction of sp³-hybridized carbons (Fsp3) is 0.636. The van der Waals surface area contributed by atoms with E-state index < -0.39 is 25.0 Å². The second kappa shape index (κ2) is 9.92. The number of ether oxygens (including phenoxy) is 1. The molecule has 6 nitrogen and oxygen atoms in total. The summed E-state index contributed by atoms with van der Waals surface area (Å²) in [6.07, 6.45) is 3.53. The van der Waals surface area contributed by atoms with Crippen molar-refractivity contribution >= 4 is 20.2 Å². The molecular formula is C22H31O6P. The van der Waals surface area contributed by atoms with E-state index in [1.165, 1.54) is 7.11 Å². The molecule has 1 fully saturated rings. The molecule has 0 N–H and O–H groups in total. The van der Waals surface area contributed by atoms with E-state index in [0.29, 0.717) is 18.4 Å². The number of carbonyl (C=O) groups is 2. The van der Waals surface area contributed by atoms with Crippen LogP contribution in [0.25, 0.3) is 0 Å². The van der Waals surface area contributed by atoms with E-state index >= 15 is 0 Å². The van der Waals surface area contributed by atoms with Gasteiger partial charge in [0.25, 0.3) is 0 Å². The zero-order valence-corrected chi connectivity index (χ0v) is 18.9. The number of Topliss-reactive ketones (excluding diaryl/α,β-unsaturated/α-hetero) is 1. The van der Waals surface area contributed by atoms with Crippen molar-refractivity contribution < 1.29 is 28.7 Å². The van der Waals surface area contributed by atoms with E-state index in [2.05, 4.69) is 0 Å². The van der Waals surface area contributed by atoms with Crippen LogP contribution in [0.2, 0.25) is 0 Å². The quantitative estimate of drug-likeness (QED) is 0.185. The molecule has 1 aromatic rings. The van der Waals surface area contributed by atoms with Gasteiger partial charge in [0, 0.05) is 12.7 Å². The Kier molecular flexibility index (Phi) is 8.10. The lowest BCUT2D eigenvalue weighted by atomic mass is 9.61. The first-order valence-electron chi connectivity index (χ1n) is 10.0. The zero-order chi connectivity index (χ0) is 21.7. The van der Waals surface area contributed by atoms with Gasteiger partial charge in [0.15, 0.2) is 19.4 Å². The third kappa shape index (κ3) is 4.60. The van der Waals surface area contributed by atoms with Crippen molar-refractivity contribution in [3.8, 4) is 0 Å². The highest BCUT2D eigenvalue weighted by atomic mass is 31.1. The average molecular weight is 422 g/mol. The highest BCUT2D eigenvalue weighted by molar-refractivity contribution is 7.28. The summed E-state index contributed by atoms with van der Waals surface area (Å²) in [5.74, 6) is -0.921. The van der Waals surface area contributed by atoms with Crippen LogP contribution in [0.5, 0.6) is 0 Å². The van der Waals surface area contributed by atoms with Gasteiger partial charge in [0.05, 0.1) is 12.0 Å². The summed E-state index contributed by atoms with van der Waals surface area (Å²) in [4.78, 5) is 36.8. The Labute approximate surface area is 174 Å². The number of benzene rings is 1. The maximum atomic E-state index is 13.9. The molecule has 1 aromatic carbocycles. The van der Waals surface area contributed by atoms with Gasteiger partial charge in [0.1, 0.15) is 6.61 Å². The summed E-state index contributed by atoms with van der Waals surface area (Å²) in [7, 11) is 1.06. The minimum Gasteiger partial charge on any atom is -0.382 e. The highest BCUT2D eigenvalue weighted by Gasteiger charge is 2.60. The number of hydrogen-bond donors (Lipinski definition) is 0. The molecule has 0 aromatic heterocycles. The van der Waals surface area contributed by atoms with Crippen LogP contribution in [-0.4, -0.2) is 37.2 Å². The molecule has 0 saturated heterocycles. The van der Waals surface area contributed by atoms with Gasteiger partial charge in [-0.25, -0.2) is 4.79 Å². The molecule has 1 aliphatic carbocycles. The molecule has 0 spiro atoms. The van der Waals surface area contributed by atoms with Gasteiger partial charge < -0.3 is 4.74 Å². The summed E-state index contributed by atoms with van der Waals surface area (Å²) in [5.41, 5.74) is 2.31. The minimum atomic E-state index is -1.54. The Hall–Kier alpha value is -1.62. The molecule has 1 unspecified atom stereocenters. The van der Waals surface area contributed by atoms with Crippen molar-refractivity contribution in [1.82, 2.24) is 0 Å². The van der Waals surface area contributed by atoms with E-state index in [1.54, 1.807) is 6.92 Å². The van der Waals surface area contributed by atoms with Crippen molar-refractivity contribution in [2.24, 2.45) is 5.41 Å². The van der Waals surface area contributed by atoms with Gasteiger partial charge in [-0.3, -0.25) is 14.2 Å². The lowest BCUT2D eigenvalue weighted by Gasteiger charge is -2.44. The molecule has 160 valence electrons. The predicted molar refractivity (Wildman–Crippen MR) is 110 cm³/mol. The second-order valence-corrected chi connectivity index (χ2v) is 9.17. The molecule has 0 amide bonds. The van der Waals surface area contributed by atoms with E-state index in [9.17, 15) is 14.2 Å². The number of aryl methyl sites for hydroxylation is 3. The standard InChI is InChI=1S/C22H31O6P/c1-15-13-16(2)18(17(3)14-15)19(23)22(9-7-6-8-10-22)21(4,29-25)20(24)28-27-12-11-26-5/h13-14H,6-12H2,1-5H3. The molecule has 7 heteroatoms. The highest BCUT2D eigenvalue weighted by Crippen LogP contribution is 2.54. The van der Waals surface area contributed by atoms with Crippen molar-refractivity contribution in [1.29, 1.82) is 0 Å². The molecule has 0 heterocycles. The monoisotopic (exact) mass is 422 g/mol. The van der Waals surface area contributed by atoms with Gasteiger partial charge in [0.2, 0.25) is 0 Å². The molecule has 0 radical (unpaired) electrons. The number of carbonyl (C=O) groups excluding carboxylic acids is 2. The topological polar surface area (TPSA) is 78.9 Å². The summed E-state index contributed by atoms with van der Waals surface area (Å²) in [6.45, 7) is 7.66. The lowest BCUT2D eigenvalue weighted by Crippen LogP contribution is -2.54. The fourth-order valence-corrected chi connectivity index (χ4v) is 5.09. The third-order valence-corrected chi connectivity index (χ3v) is 7.04.